The van der Waals surface area contributed by atoms with Gasteiger partial charge in [0, 0.05) is 32.7 Å². The fourth-order valence-electron chi connectivity index (χ4n) is 3.72. The Morgan fingerprint density at radius 1 is 1.16 bits per heavy atom. The van der Waals surface area contributed by atoms with Crippen molar-refractivity contribution in [1.82, 2.24) is 9.80 Å². The summed E-state index contributed by atoms with van der Waals surface area (Å²) < 4.78 is 11.9. The van der Waals surface area contributed by atoms with Crippen LogP contribution in [0.15, 0.2) is 30.3 Å². The lowest BCUT2D eigenvalue weighted by Gasteiger charge is -2.48. The summed E-state index contributed by atoms with van der Waals surface area (Å²) in [5, 5.41) is 10.4. The molecule has 1 unspecified atom stereocenters. The average Bonchev–Trinajstić information content (AvgIpc) is 2.57. The second-order valence-electron chi connectivity index (χ2n) is 8.32. The molecule has 0 aromatic heterocycles. The minimum atomic E-state index is -0.858. The van der Waals surface area contributed by atoms with Gasteiger partial charge in [-0.05, 0) is 39.2 Å². The van der Waals surface area contributed by atoms with E-state index in [2.05, 4.69) is 35.2 Å². The number of morpholine rings is 1. The maximum Gasteiger partial charge on any atom is 0.216 e. The molecule has 25 heavy (non-hydrogen) atoms. The standard InChI is InChI=1S/C20H32N2O3/c1-19(2,3)25-18(23)22-13-14-24-20(16-22)9-11-21(12-10-20)15-17-7-5-4-6-8-17/h4-8,18,23H,9-16H2,1-3H3. The third-order valence-electron chi connectivity index (χ3n) is 5.07. The Kier molecular flexibility index (Phi) is 5.81. The van der Waals surface area contributed by atoms with Gasteiger partial charge in [0.2, 0.25) is 6.41 Å². The Morgan fingerprint density at radius 3 is 2.48 bits per heavy atom. The molecule has 0 bridgehead atoms. The first-order valence-electron chi connectivity index (χ1n) is 9.36. The molecule has 5 nitrogen and oxygen atoms in total. The highest BCUT2D eigenvalue weighted by atomic mass is 16.6. The fraction of sp³-hybridized carbons (Fsp3) is 0.700. The molecule has 0 saturated carbocycles. The van der Waals surface area contributed by atoms with Crippen molar-refractivity contribution in [3.05, 3.63) is 35.9 Å². The first-order valence-corrected chi connectivity index (χ1v) is 9.36. The van der Waals surface area contributed by atoms with Gasteiger partial charge in [0.15, 0.2) is 0 Å². The van der Waals surface area contributed by atoms with Crippen molar-refractivity contribution in [2.24, 2.45) is 0 Å². The van der Waals surface area contributed by atoms with Gasteiger partial charge in [0.1, 0.15) is 0 Å². The molecule has 0 radical (unpaired) electrons. The van der Waals surface area contributed by atoms with E-state index >= 15 is 0 Å². The van der Waals surface area contributed by atoms with Gasteiger partial charge < -0.3 is 14.6 Å². The number of aliphatic hydroxyl groups excluding tert-OH is 1. The van der Waals surface area contributed by atoms with Crippen LogP contribution in [0.25, 0.3) is 0 Å². The van der Waals surface area contributed by atoms with Gasteiger partial charge in [-0.15, -0.1) is 0 Å². The van der Waals surface area contributed by atoms with Crippen LogP contribution < -0.4 is 0 Å². The highest BCUT2D eigenvalue weighted by Gasteiger charge is 2.41. The van der Waals surface area contributed by atoms with Crippen LogP contribution in [-0.2, 0) is 16.0 Å². The SMILES string of the molecule is CC(C)(C)OC(O)N1CCOC2(CCN(Cc3ccccc3)CC2)C1. The summed E-state index contributed by atoms with van der Waals surface area (Å²) in [7, 11) is 0. The summed E-state index contributed by atoms with van der Waals surface area (Å²) in [5.74, 6) is 0. The zero-order valence-electron chi connectivity index (χ0n) is 15.8. The lowest BCUT2D eigenvalue weighted by Crippen LogP contribution is -2.59. The number of likely N-dealkylation sites (tertiary alicyclic amines) is 1. The van der Waals surface area contributed by atoms with E-state index in [9.17, 15) is 5.11 Å². The Labute approximate surface area is 151 Å². The number of piperidine rings is 1. The van der Waals surface area contributed by atoms with E-state index in [0.29, 0.717) is 13.2 Å². The molecule has 3 rings (SSSR count). The van der Waals surface area contributed by atoms with Gasteiger partial charge in [-0.2, -0.15) is 0 Å². The van der Waals surface area contributed by atoms with E-state index in [0.717, 1.165) is 39.0 Å². The maximum absolute atomic E-state index is 10.4. The van der Waals surface area contributed by atoms with E-state index in [1.165, 1.54) is 5.56 Å². The summed E-state index contributed by atoms with van der Waals surface area (Å²) in [5.41, 5.74) is 0.857. The molecule has 5 heteroatoms. The summed E-state index contributed by atoms with van der Waals surface area (Å²) in [6.07, 6.45) is 1.14. The molecule has 2 heterocycles. The molecule has 1 spiro atoms. The smallest absolute Gasteiger partial charge is 0.216 e. The quantitative estimate of drug-likeness (QED) is 0.847. The van der Waals surface area contributed by atoms with Crippen molar-refractivity contribution in [2.45, 2.75) is 57.8 Å². The number of benzene rings is 1. The van der Waals surface area contributed by atoms with Crippen LogP contribution in [0.4, 0.5) is 0 Å². The summed E-state index contributed by atoms with van der Waals surface area (Å²) in [4.78, 5) is 4.51. The van der Waals surface area contributed by atoms with E-state index in [-0.39, 0.29) is 11.2 Å². The molecule has 1 aromatic rings. The molecule has 1 N–H and O–H groups in total. The van der Waals surface area contributed by atoms with E-state index in [1.807, 2.05) is 25.7 Å². The lowest BCUT2D eigenvalue weighted by molar-refractivity contribution is -0.270. The fourth-order valence-corrected chi connectivity index (χ4v) is 3.72. The molecule has 140 valence electrons. The molecule has 2 fully saturated rings. The number of nitrogens with zero attached hydrogens (tertiary/aromatic N) is 2. The molecule has 2 aliphatic rings. The van der Waals surface area contributed by atoms with Gasteiger partial charge >= 0.3 is 0 Å². The van der Waals surface area contributed by atoms with Crippen molar-refractivity contribution < 1.29 is 14.6 Å². The summed E-state index contributed by atoms with van der Waals surface area (Å²) >= 11 is 0. The molecular formula is C20H32N2O3. The Morgan fingerprint density at radius 2 is 1.84 bits per heavy atom. The predicted octanol–water partition coefficient (Wildman–Crippen LogP) is 2.44. The number of rotatable bonds is 4. The summed E-state index contributed by atoms with van der Waals surface area (Å²) in [6.45, 7) is 11.1. The molecule has 1 aromatic carbocycles. The highest BCUT2D eigenvalue weighted by Crippen LogP contribution is 2.31. The predicted molar refractivity (Wildman–Crippen MR) is 98.1 cm³/mol. The maximum atomic E-state index is 10.4. The molecule has 1 atom stereocenters. The van der Waals surface area contributed by atoms with Crippen LogP contribution in [-0.4, -0.2) is 65.3 Å². The third kappa shape index (κ3) is 5.25. The summed E-state index contributed by atoms with van der Waals surface area (Å²) in [6, 6.07) is 10.6. The van der Waals surface area contributed by atoms with Crippen LogP contribution in [0.3, 0.4) is 0 Å². The van der Waals surface area contributed by atoms with Gasteiger partial charge in [-0.25, -0.2) is 0 Å². The molecule has 2 aliphatic heterocycles. The van der Waals surface area contributed by atoms with Crippen molar-refractivity contribution >= 4 is 0 Å². The first kappa shape index (κ1) is 18.8. The largest absolute Gasteiger partial charge is 0.372 e. The van der Waals surface area contributed by atoms with Gasteiger partial charge in [-0.3, -0.25) is 9.80 Å². The molecule has 2 saturated heterocycles. The highest BCUT2D eigenvalue weighted by molar-refractivity contribution is 5.14. The second kappa shape index (κ2) is 7.72. The van der Waals surface area contributed by atoms with Gasteiger partial charge in [0.05, 0.1) is 17.8 Å². The minimum Gasteiger partial charge on any atom is -0.372 e. The monoisotopic (exact) mass is 348 g/mol. The van der Waals surface area contributed by atoms with Crippen molar-refractivity contribution in [3.63, 3.8) is 0 Å². The van der Waals surface area contributed by atoms with Crippen molar-refractivity contribution in [1.29, 1.82) is 0 Å². The van der Waals surface area contributed by atoms with Crippen LogP contribution in [0.2, 0.25) is 0 Å². The van der Waals surface area contributed by atoms with Crippen LogP contribution in [0.5, 0.6) is 0 Å². The van der Waals surface area contributed by atoms with Gasteiger partial charge in [-0.1, -0.05) is 30.3 Å². The zero-order chi connectivity index (χ0) is 17.9. The number of hydrogen-bond donors (Lipinski definition) is 1. The second-order valence-corrected chi connectivity index (χ2v) is 8.32. The molecule has 0 aliphatic carbocycles. The Balaban J connectivity index is 1.53. The Hall–Kier alpha value is -0.980. The topological polar surface area (TPSA) is 45.2 Å². The number of aliphatic hydroxyl groups is 1. The molecular weight excluding hydrogens is 316 g/mol. The van der Waals surface area contributed by atoms with Crippen LogP contribution in [0, 0.1) is 0 Å². The van der Waals surface area contributed by atoms with E-state index in [1.54, 1.807) is 0 Å². The lowest BCUT2D eigenvalue weighted by atomic mass is 9.89. The van der Waals surface area contributed by atoms with E-state index in [4.69, 9.17) is 9.47 Å². The molecule has 0 amide bonds. The van der Waals surface area contributed by atoms with Gasteiger partial charge in [0.25, 0.3) is 0 Å². The van der Waals surface area contributed by atoms with Crippen molar-refractivity contribution in [3.8, 4) is 0 Å². The van der Waals surface area contributed by atoms with E-state index < -0.39 is 6.41 Å². The Bertz CT molecular complexity index is 536. The average molecular weight is 348 g/mol. The van der Waals surface area contributed by atoms with Crippen LogP contribution >= 0.6 is 0 Å². The minimum absolute atomic E-state index is 0.145. The third-order valence-corrected chi connectivity index (χ3v) is 5.07. The zero-order valence-corrected chi connectivity index (χ0v) is 15.8. The number of ether oxygens (including phenoxy) is 2. The normalized spacial score (nSPS) is 23.7. The first-order chi connectivity index (χ1) is 11.9. The van der Waals surface area contributed by atoms with Crippen molar-refractivity contribution in [2.75, 3.05) is 32.8 Å². The van der Waals surface area contributed by atoms with Crippen LogP contribution in [0.1, 0.15) is 39.2 Å². The number of hydrogen-bond acceptors (Lipinski definition) is 5.